The van der Waals surface area contributed by atoms with Crippen molar-refractivity contribution in [3.05, 3.63) is 0 Å². The minimum atomic E-state index is -2.85. The van der Waals surface area contributed by atoms with Crippen LogP contribution in [0, 0.1) is 0 Å². The number of ketones is 3. The molecule has 0 amide bonds. The second-order valence-electron chi connectivity index (χ2n) is 21.6. The highest BCUT2D eigenvalue weighted by Gasteiger charge is 2.54. The number of carbonyl (C=O) groups excluding carboxylic acids is 3. The Balaban J connectivity index is 1.10. The van der Waals surface area contributed by atoms with Gasteiger partial charge in [0.25, 0.3) is 0 Å². The maximum absolute atomic E-state index is 13.7. The highest BCUT2D eigenvalue weighted by atomic mass is 16.6. The van der Waals surface area contributed by atoms with Gasteiger partial charge in [0.1, 0.15) is 0 Å². The highest BCUT2D eigenvalue weighted by Crippen LogP contribution is 2.39. The van der Waals surface area contributed by atoms with E-state index in [-0.39, 0.29) is 19.3 Å². The third-order valence-electron chi connectivity index (χ3n) is 15.6. The lowest BCUT2D eigenvalue weighted by atomic mass is 9.78. The first kappa shape index (κ1) is 58.3. The van der Waals surface area contributed by atoms with Crippen molar-refractivity contribution in [3.63, 3.8) is 0 Å². The Kier molecular flexibility index (Phi) is 29.7. The predicted molar refractivity (Wildman–Crippen MR) is 268 cm³/mol. The van der Waals surface area contributed by atoms with Crippen LogP contribution in [0.1, 0.15) is 278 Å². The van der Waals surface area contributed by atoms with Crippen LogP contribution in [0.4, 0.5) is 0 Å². The van der Waals surface area contributed by atoms with Crippen molar-refractivity contribution in [2.75, 3.05) is 0 Å². The first-order valence-corrected chi connectivity index (χ1v) is 28.9. The second-order valence-corrected chi connectivity index (χ2v) is 21.6. The van der Waals surface area contributed by atoms with Crippen LogP contribution in [0.5, 0.6) is 0 Å². The van der Waals surface area contributed by atoms with Gasteiger partial charge in [-0.05, 0) is 57.8 Å². The molecule has 4 rings (SSSR count). The molecule has 10 heteroatoms. The Labute approximate surface area is 408 Å². The van der Waals surface area contributed by atoms with E-state index in [1.54, 1.807) is 0 Å². The van der Waals surface area contributed by atoms with E-state index in [4.69, 9.17) is 18.9 Å². The zero-order valence-corrected chi connectivity index (χ0v) is 43.3. The van der Waals surface area contributed by atoms with Gasteiger partial charge in [-0.3, -0.25) is 14.4 Å². The lowest BCUT2D eigenvalue weighted by Gasteiger charge is -2.34. The molecule has 4 aliphatic rings. The lowest BCUT2D eigenvalue weighted by molar-refractivity contribution is -0.181. The Morgan fingerprint density at radius 2 is 0.597 bits per heavy atom. The van der Waals surface area contributed by atoms with E-state index in [1.807, 2.05) is 0 Å². The topological polar surface area (TPSA) is 162 Å². The summed E-state index contributed by atoms with van der Waals surface area (Å²) < 4.78 is 23.6. The molecule has 4 fully saturated rings. The monoisotopic (exact) mass is 947 g/mol. The number of aliphatic hydroxyl groups excluding tert-OH is 2. The quantitative estimate of drug-likeness (QED) is 0.0395. The maximum Gasteiger partial charge on any atom is 0.189 e. The molecule has 0 aromatic carbocycles. The number of Topliss-reactive ketones (excluding diaryl/α,β-unsaturated/α-hetero) is 3. The average Bonchev–Trinajstić information content (AvgIpc) is 4.16. The molecule has 10 nitrogen and oxygen atoms in total. The number of epoxide rings is 4. The van der Waals surface area contributed by atoms with Crippen molar-refractivity contribution in [3.8, 4) is 0 Å². The van der Waals surface area contributed by atoms with E-state index in [0.29, 0.717) is 68.1 Å². The van der Waals surface area contributed by atoms with Gasteiger partial charge in [-0.25, -0.2) is 0 Å². The van der Waals surface area contributed by atoms with Gasteiger partial charge in [0.05, 0.1) is 48.8 Å². The Morgan fingerprint density at radius 1 is 0.358 bits per heavy atom. The van der Waals surface area contributed by atoms with E-state index >= 15 is 0 Å². The summed E-state index contributed by atoms with van der Waals surface area (Å²) in [6.07, 6.45) is 38.5. The summed E-state index contributed by atoms with van der Waals surface area (Å²) in [5, 5.41) is 34.4. The van der Waals surface area contributed by atoms with E-state index in [1.165, 1.54) is 109 Å². The van der Waals surface area contributed by atoms with E-state index < -0.39 is 35.2 Å². The normalized spacial score (nSPS) is 25.7. The van der Waals surface area contributed by atoms with E-state index in [2.05, 4.69) is 20.8 Å². The summed E-state index contributed by atoms with van der Waals surface area (Å²) >= 11 is 0. The van der Waals surface area contributed by atoms with Crippen LogP contribution in [0.15, 0.2) is 0 Å². The summed E-state index contributed by atoms with van der Waals surface area (Å²) in [5.74, 6) is -2.21. The summed E-state index contributed by atoms with van der Waals surface area (Å²) in [5.41, 5.74) is -2.85. The molecule has 0 bridgehead atoms. The van der Waals surface area contributed by atoms with Gasteiger partial charge in [0.2, 0.25) is 0 Å². The Bertz CT molecular complexity index is 1260. The molecule has 0 aromatic rings. The smallest absolute Gasteiger partial charge is 0.189 e. The zero-order chi connectivity index (χ0) is 48.1. The van der Waals surface area contributed by atoms with Crippen LogP contribution < -0.4 is 0 Å². The average molecular weight is 947 g/mol. The van der Waals surface area contributed by atoms with Gasteiger partial charge >= 0.3 is 0 Å². The lowest BCUT2D eigenvalue weighted by Crippen LogP contribution is -2.63. The molecule has 3 N–H and O–H groups in total. The summed E-state index contributed by atoms with van der Waals surface area (Å²) in [6, 6.07) is 0. The predicted octanol–water partition coefficient (Wildman–Crippen LogP) is 12.9. The van der Waals surface area contributed by atoms with Crippen LogP contribution in [0.2, 0.25) is 0 Å². The molecular formula is C57H102O10. The van der Waals surface area contributed by atoms with Crippen LogP contribution >= 0.6 is 0 Å². The van der Waals surface area contributed by atoms with Crippen molar-refractivity contribution in [1.29, 1.82) is 0 Å². The largest absolute Gasteiger partial charge is 0.382 e. The number of aliphatic hydroxyl groups is 3. The summed E-state index contributed by atoms with van der Waals surface area (Å²) in [7, 11) is 0. The number of ether oxygens (including phenoxy) is 4. The fraction of sp³-hybridized carbons (Fsp3) is 0.947. The van der Waals surface area contributed by atoms with Crippen molar-refractivity contribution in [2.24, 2.45) is 0 Å². The zero-order valence-electron chi connectivity index (χ0n) is 43.3. The molecule has 10 unspecified atom stereocenters. The Morgan fingerprint density at radius 3 is 0.940 bits per heavy atom. The summed E-state index contributed by atoms with van der Waals surface area (Å²) in [6.45, 7) is 6.71. The molecule has 67 heavy (non-hydrogen) atoms. The molecule has 0 saturated carbocycles. The number of hydrogen-bond acceptors (Lipinski definition) is 10. The number of carbonyl (C=O) groups is 3. The molecule has 390 valence electrons. The van der Waals surface area contributed by atoms with Gasteiger partial charge in [-0.1, -0.05) is 194 Å². The summed E-state index contributed by atoms with van der Waals surface area (Å²) in [4.78, 5) is 40.5. The third-order valence-corrected chi connectivity index (χ3v) is 15.6. The number of unbranched alkanes of at least 4 members (excludes halogenated alkanes) is 24. The van der Waals surface area contributed by atoms with Crippen LogP contribution in [0.25, 0.3) is 0 Å². The molecule has 0 spiro atoms. The molecule has 0 aliphatic carbocycles. The van der Waals surface area contributed by atoms with Gasteiger partial charge in [0, 0.05) is 25.7 Å². The molecule has 4 heterocycles. The van der Waals surface area contributed by atoms with Crippen LogP contribution in [-0.2, 0) is 33.3 Å². The molecule has 10 atom stereocenters. The van der Waals surface area contributed by atoms with Crippen molar-refractivity contribution < 1.29 is 48.7 Å². The molecular weight excluding hydrogens is 845 g/mol. The van der Waals surface area contributed by atoms with Crippen molar-refractivity contribution >= 4 is 17.3 Å². The van der Waals surface area contributed by atoms with E-state index in [9.17, 15) is 29.7 Å². The molecule has 4 aliphatic heterocycles. The van der Waals surface area contributed by atoms with Crippen molar-refractivity contribution in [1.82, 2.24) is 0 Å². The van der Waals surface area contributed by atoms with Crippen LogP contribution in [-0.4, -0.2) is 99.3 Å². The highest BCUT2D eigenvalue weighted by molar-refractivity contribution is 6.01. The molecule has 4 saturated heterocycles. The number of hydrogen-bond donors (Lipinski definition) is 3. The Hall–Kier alpha value is -1.27. The fourth-order valence-corrected chi connectivity index (χ4v) is 10.7. The van der Waals surface area contributed by atoms with Gasteiger partial charge in [-0.15, -0.1) is 0 Å². The van der Waals surface area contributed by atoms with Crippen LogP contribution in [0.3, 0.4) is 0 Å². The SMILES string of the molecule is CCCCCCCCC1OC1CCCCCCCC(=O)C(O)C(O)(C(=O)CCCCCCCC1OC1CC1OC1CCCCC)C(O)C(=O)CCCCCCCC1OC1CCCCCCCC. The van der Waals surface area contributed by atoms with Crippen molar-refractivity contribution in [2.45, 2.75) is 344 Å². The minimum absolute atomic E-state index is 0.0196. The van der Waals surface area contributed by atoms with Gasteiger partial charge < -0.3 is 34.3 Å². The first-order valence-electron chi connectivity index (χ1n) is 28.9. The van der Waals surface area contributed by atoms with E-state index in [0.717, 1.165) is 109 Å². The minimum Gasteiger partial charge on any atom is -0.382 e. The molecule has 0 aromatic heterocycles. The first-order chi connectivity index (χ1) is 32.6. The maximum atomic E-state index is 13.7. The molecule has 0 radical (unpaired) electrons. The number of rotatable bonds is 49. The second kappa shape index (κ2) is 34.2. The van der Waals surface area contributed by atoms with Gasteiger partial charge in [-0.2, -0.15) is 0 Å². The fourth-order valence-electron chi connectivity index (χ4n) is 10.7. The third kappa shape index (κ3) is 23.7. The standard InChI is InChI=1S/C57H102O10/c1-4-7-10-12-19-28-37-46-48(64-46)39-30-21-14-17-26-34-44(58)55(61)57(63,54(60)42-33-24-16-23-32-41-51-53(67-51)43-52-50(66-52)36-25-9-6-3)56(62)45(59)35-27-18-15-22-31-40-49-47(65-49)38-29-20-13-11-8-5-2/h46-53,55-56,61-63H,4-43H2,1-3H3. The van der Waals surface area contributed by atoms with Gasteiger partial charge in [0.15, 0.2) is 35.2 Å².